The summed E-state index contributed by atoms with van der Waals surface area (Å²) >= 11 is 0. The molecule has 106 valence electrons. The van der Waals surface area contributed by atoms with Crippen molar-refractivity contribution < 1.29 is 22.2 Å². The van der Waals surface area contributed by atoms with Crippen molar-refractivity contribution in [1.82, 2.24) is 0 Å². The van der Waals surface area contributed by atoms with Gasteiger partial charge in [0.15, 0.2) is 0 Å². The van der Waals surface area contributed by atoms with Crippen molar-refractivity contribution in [2.75, 3.05) is 5.75 Å². The minimum atomic E-state index is -4.16. The Kier molecular flexibility index (Phi) is 4.01. The third kappa shape index (κ3) is 3.75. The van der Waals surface area contributed by atoms with E-state index in [0.29, 0.717) is 16.5 Å². The molecule has 0 fully saturated rings. The number of carbonyl (C=O) groups is 1. The van der Waals surface area contributed by atoms with Crippen LogP contribution in [-0.4, -0.2) is 24.5 Å². The Bertz CT molecular complexity index is 803. The lowest BCUT2D eigenvalue weighted by Crippen LogP contribution is -2.13. The van der Waals surface area contributed by atoms with Crippen molar-refractivity contribution in [2.45, 2.75) is 12.8 Å². The van der Waals surface area contributed by atoms with Gasteiger partial charge in [0, 0.05) is 24.3 Å². The van der Waals surface area contributed by atoms with E-state index in [1.54, 1.807) is 24.3 Å². The van der Waals surface area contributed by atoms with Crippen LogP contribution in [0.15, 0.2) is 39.5 Å². The first kappa shape index (κ1) is 14.4. The molecule has 0 spiro atoms. The van der Waals surface area contributed by atoms with Crippen molar-refractivity contribution >= 4 is 26.9 Å². The van der Waals surface area contributed by atoms with Crippen molar-refractivity contribution in [2.24, 2.45) is 0 Å². The second-order valence-electron chi connectivity index (χ2n) is 4.34. The van der Waals surface area contributed by atoms with Gasteiger partial charge in [-0.3, -0.25) is 9.35 Å². The van der Waals surface area contributed by atoms with Crippen LogP contribution in [0.4, 0.5) is 0 Å². The van der Waals surface area contributed by atoms with Gasteiger partial charge in [0.05, 0.1) is 5.75 Å². The van der Waals surface area contributed by atoms with Crippen LogP contribution >= 0.6 is 0 Å². The normalized spacial score (nSPS) is 11.7. The molecule has 6 nitrogen and oxygen atoms in total. The summed E-state index contributed by atoms with van der Waals surface area (Å²) < 4.78 is 34.8. The van der Waals surface area contributed by atoms with E-state index < -0.39 is 21.5 Å². The average Bonchev–Trinajstić information content (AvgIpc) is 2.35. The van der Waals surface area contributed by atoms with Gasteiger partial charge in [0.2, 0.25) is 0 Å². The first-order chi connectivity index (χ1) is 9.35. The molecule has 0 aliphatic heterocycles. The van der Waals surface area contributed by atoms with Gasteiger partial charge >= 0.3 is 5.63 Å². The average molecular weight is 296 g/mol. The van der Waals surface area contributed by atoms with E-state index in [2.05, 4.69) is 0 Å². The lowest BCUT2D eigenvalue weighted by atomic mass is 10.0. The summed E-state index contributed by atoms with van der Waals surface area (Å²) in [4.78, 5) is 23.1. The predicted molar refractivity (Wildman–Crippen MR) is 72.2 cm³/mol. The summed E-state index contributed by atoms with van der Waals surface area (Å²) in [6, 6.07) is 7.99. The highest BCUT2D eigenvalue weighted by atomic mass is 32.2. The minimum Gasteiger partial charge on any atom is -0.423 e. The number of hydrogen-bond donors (Lipinski definition) is 1. The fourth-order valence-corrected chi connectivity index (χ4v) is 2.35. The number of fused-ring (bicyclic) bond motifs is 1. The summed E-state index contributed by atoms with van der Waals surface area (Å²) in [6.07, 6.45) is -0.380. The molecule has 2 rings (SSSR count). The number of hydrogen-bond acceptors (Lipinski definition) is 5. The molecule has 20 heavy (non-hydrogen) atoms. The monoisotopic (exact) mass is 296 g/mol. The Hall–Kier alpha value is -1.99. The van der Waals surface area contributed by atoms with E-state index in [0.717, 1.165) is 0 Å². The van der Waals surface area contributed by atoms with Crippen LogP contribution in [0.2, 0.25) is 0 Å². The molecule has 0 aliphatic carbocycles. The van der Waals surface area contributed by atoms with E-state index in [1.807, 2.05) is 0 Å². The molecule has 1 heterocycles. The zero-order valence-electron chi connectivity index (χ0n) is 10.4. The molecular weight excluding hydrogens is 284 g/mol. The fourth-order valence-electron chi connectivity index (χ4n) is 1.87. The molecule has 0 amide bonds. The van der Waals surface area contributed by atoms with Gasteiger partial charge in [-0.2, -0.15) is 8.42 Å². The van der Waals surface area contributed by atoms with E-state index >= 15 is 0 Å². The van der Waals surface area contributed by atoms with Gasteiger partial charge in [0.1, 0.15) is 11.4 Å². The molecule has 7 heteroatoms. The van der Waals surface area contributed by atoms with Crippen LogP contribution in [0.3, 0.4) is 0 Å². The van der Waals surface area contributed by atoms with Crippen LogP contribution in [0.1, 0.15) is 12.0 Å². The molecule has 0 bridgehead atoms. The van der Waals surface area contributed by atoms with Crippen LogP contribution in [-0.2, 0) is 21.3 Å². The Morgan fingerprint density at radius 2 is 1.95 bits per heavy atom. The molecular formula is C13H12O6S. The summed E-state index contributed by atoms with van der Waals surface area (Å²) in [5.74, 6) is -0.996. The number of ketones is 1. The van der Waals surface area contributed by atoms with Gasteiger partial charge in [-0.25, -0.2) is 4.79 Å². The Morgan fingerprint density at radius 1 is 1.25 bits per heavy atom. The number of carbonyl (C=O) groups excluding carboxylic acids is 1. The SMILES string of the molecule is O=C(CCS(=O)(=O)O)Cc1cc(=O)oc2ccccc12. The van der Waals surface area contributed by atoms with Crippen LogP contribution in [0.25, 0.3) is 11.0 Å². The number of Topliss-reactive ketones (excluding diaryl/α,β-unsaturated/α-hetero) is 1. The topological polar surface area (TPSA) is 102 Å². The molecule has 0 radical (unpaired) electrons. The molecule has 1 aromatic carbocycles. The number of para-hydroxylation sites is 1. The maximum atomic E-state index is 11.7. The third-order valence-electron chi connectivity index (χ3n) is 2.76. The van der Waals surface area contributed by atoms with Crippen molar-refractivity contribution in [3.8, 4) is 0 Å². The zero-order chi connectivity index (χ0) is 14.8. The van der Waals surface area contributed by atoms with Gasteiger partial charge < -0.3 is 4.42 Å². The van der Waals surface area contributed by atoms with Crippen molar-refractivity contribution in [3.63, 3.8) is 0 Å². The molecule has 0 aliphatic rings. The summed E-state index contributed by atoms with van der Waals surface area (Å²) in [6.45, 7) is 0. The maximum Gasteiger partial charge on any atom is 0.336 e. The summed E-state index contributed by atoms with van der Waals surface area (Å²) in [7, 11) is -4.16. The van der Waals surface area contributed by atoms with Gasteiger partial charge in [-0.15, -0.1) is 0 Å². The lowest BCUT2D eigenvalue weighted by Gasteiger charge is -2.04. The first-order valence-electron chi connectivity index (χ1n) is 5.84. The second-order valence-corrected chi connectivity index (χ2v) is 5.91. The minimum absolute atomic E-state index is 0.0817. The second kappa shape index (κ2) is 5.56. The van der Waals surface area contributed by atoms with Crippen LogP contribution in [0.5, 0.6) is 0 Å². The highest BCUT2D eigenvalue weighted by molar-refractivity contribution is 7.85. The summed E-state index contributed by atoms with van der Waals surface area (Å²) in [5.41, 5.74) is 0.288. The maximum absolute atomic E-state index is 11.7. The fraction of sp³-hybridized carbons (Fsp3) is 0.231. The number of benzene rings is 1. The summed E-state index contributed by atoms with van der Waals surface area (Å²) in [5, 5.41) is 0.632. The Balaban J connectivity index is 2.25. The highest BCUT2D eigenvalue weighted by Crippen LogP contribution is 2.17. The number of rotatable bonds is 5. The molecule has 0 atom stereocenters. The van der Waals surface area contributed by atoms with E-state index in [4.69, 9.17) is 8.97 Å². The Morgan fingerprint density at radius 3 is 2.65 bits per heavy atom. The van der Waals surface area contributed by atoms with E-state index in [1.165, 1.54) is 6.07 Å². The van der Waals surface area contributed by atoms with E-state index in [9.17, 15) is 18.0 Å². The standard InChI is InChI=1S/C13H12O6S/c14-10(5-6-20(16,17)18)7-9-8-13(15)19-12-4-2-1-3-11(9)12/h1-4,8H,5-7H2,(H,16,17,18). The zero-order valence-corrected chi connectivity index (χ0v) is 11.2. The van der Waals surface area contributed by atoms with Crippen molar-refractivity contribution in [3.05, 3.63) is 46.3 Å². The quantitative estimate of drug-likeness (QED) is 0.656. The molecule has 2 aromatic rings. The van der Waals surface area contributed by atoms with Crippen LogP contribution < -0.4 is 5.63 Å². The Labute approximate surface area is 114 Å². The van der Waals surface area contributed by atoms with E-state index in [-0.39, 0.29) is 18.6 Å². The lowest BCUT2D eigenvalue weighted by molar-refractivity contribution is -0.118. The largest absolute Gasteiger partial charge is 0.423 e. The molecule has 0 unspecified atom stereocenters. The van der Waals surface area contributed by atoms with Gasteiger partial charge in [0.25, 0.3) is 10.1 Å². The predicted octanol–water partition coefficient (Wildman–Crippen LogP) is 1.18. The third-order valence-corrected chi connectivity index (χ3v) is 3.48. The first-order valence-corrected chi connectivity index (χ1v) is 7.45. The molecule has 1 N–H and O–H groups in total. The van der Waals surface area contributed by atoms with Gasteiger partial charge in [-0.05, 0) is 11.6 Å². The smallest absolute Gasteiger partial charge is 0.336 e. The van der Waals surface area contributed by atoms with Crippen molar-refractivity contribution in [1.29, 1.82) is 0 Å². The van der Waals surface area contributed by atoms with Gasteiger partial charge in [-0.1, -0.05) is 18.2 Å². The highest BCUT2D eigenvalue weighted by Gasteiger charge is 2.13. The molecule has 0 saturated carbocycles. The van der Waals surface area contributed by atoms with Crippen LogP contribution in [0, 0.1) is 0 Å². The molecule has 1 aromatic heterocycles. The molecule has 0 saturated heterocycles.